The van der Waals surface area contributed by atoms with E-state index in [0.717, 1.165) is 36.2 Å². The fourth-order valence-electron chi connectivity index (χ4n) is 2.41. The number of alkyl halides is 1. The number of hydrogen-bond donors (Lipinski definition) is 1. The highest BCUT2D eigenvalue weighted by atomic mass is 35.5. The minimum Gasteiger partial charge on any atom is -0.481 e. The third kappa shape index (κ3) is 3.07. The van der Waals surface area contributed by atoms with Crippen LogP contribution in [0.5, 0.6) is 0 Å². The quantitative estimate of drug-likeness (QED) is 0.867. The number of fused-ring (bicyclic) bond motifs is 1. The average molecular weight is 282 g/mol. The van der Waals surface area contributed by atoms with Gasteiger partial charge in [-0.05, 0) is 30.0 Å². The van der Waals surface area contributed by atoms with Crippen molar-refractivity contribution in [2.24, 2.45) is 0 Å². The highest BCUT2D eigenvalue weighted by Crippen LogP contribution is 2.32. The van der Waals surface area contributed by atoms with Crippen LogP contribution in [0.1, 0.15) is 36.3 Å². The summed E-state index contributed by atoms with van der Waals surface area (Å²) in [6.07, 6.45) is 1.71. The largest absolute Gasteiger partial charge is 0.481 e. The molecule has 0 saturated carbocycles. The zero-order valence-corrected chi connectivity index (χ0v) is 11.5. The first-order valence-corrected chi connectivity index (χ1v) is 6.69. The Morgan fingerprint density at radius 2 is 2.21 bits per heavy atom. The maximum absolute atomic E-state index is 11.5. The lowest BCUT2D eigenvalue weighted by atomic mass is 9.97. The van der Waals surface area contributed by atoms with Crippen LogP contribution in [-0.2, 0) is 16.0 Å². The molecule has 1 unspecified atom stereocenters. The normalized spacial score (nSPS) is 15.8. The smallest absolute Gasteiger partial charge is 0.305 e. The van der Waals surface area contributed by atoms with Crippen molar-refractivity contribution >= 4 is 29.2 Å². The fourth-order valence-corrected chi connectivity index (χ4v) is 2.68. The first-order valence-electron chi connectivity index (χ1n) is 6.26. The first kappa shape index (κ1) is 13.9. The van der Waals surface area contributed by atoms with Gasteiger partial charge in [0, 0.05) is 19.2 Å². The Hall–Kier alpha value is -1.55. The van der Waals surface area contributed by atoms with Gasteiger partial charge in [-0.3, -0.25) is 9.59 Å². The second-order valence-electron chi connectivity index (χ2n) is 4.73. The maximum atomic E-state index is 11.5. The second kappa shape index (κ2) is 5.61. The number of benzene rings is 1. The maximum Gasteiger partial charge on any atom is 0.305 e. The number of aryl methyl sites for hydroxylation is 1. The summed E-state index contributed by atoms with van der Waals surface area (Å²) >= 11 is 6.08. The number of carboxylic acid groups (broad SMARTS) is 1. The molecular formula is C14H16ClNO3. The van der Waals surface area contributed by atoms with E-state index >= 15 is 0 Å². The van der Waals surface area contributed by atoms with Crippen LogP contribution in [0, 0.1) is 0 Å². The van der Waals surface area contributed by atoms with Crippen molar-refractivity contribution in [1.82, 2.24) is 0 Å². The van der Waals surface area contributed by atoms with Crippen LogP contribution in [0.3, 0.4) is 0 Å². The van der Waals surface area contributed by atoms with E-state index in [4.69, 9.17) is 16.7 Å². The number of rotatable bonds is 3. The van der Waals surface area contributed by atoms with E-state index in [1.807, 2.05) is 12.1 Å². The Morgan fingerprint density at radius 1 is 1.47 bits per heavy atom. The van der Waals surface area contributed by atoms with Crippen molar-refractivity contribution in [3.63, 3.8) is 0 Å². The standard InChI is InChI=1S/C14H16ClNO3/c1-9(17)16-6-2-3-11-7-10(4-5-13(11)16)12(15)8-14(18)19/h4-5,7,12H,2-3,6,8H2,1H3,(H,18,19). The number of carboxylic acids is 1. The number of nitrogens with zero attached hydrogens (tertiary/aromatic N) is 1. The number of carbonyl (C=O) groups is 2. The molecule has 1 atom stereocenters. The Labute approximate surface area is 117 Å². The summed E-state index contributed by atoms with van der Waals surface area (Å²) in [7, 11) is 0. The number of anilines is 1. The lowest BCUT2D eigenvalue weighted by Crippen LogP contribution is -2.33. The van der Waals surface area contributed by atoms with E-state index in [2.05, 4.69) is 0 Å². The minimum atomic E-state index is -0.914. The summed E-state index contributed by atoms with van der Waals surface area (Å²) in [6, 6.07) is 5.59. The molecule has 5 heteroatoms. The molecule has 1 aliphatic heterocycles. The predicted molar refractivity (Wildman–Crippen MR) is 73.6 cm³/mol. The molecule has 0 fully saturated rings. The van der Waals surface area contributed by atoms with Gasteiger partial charge in [-0.2, -0.15) is 0 Å². The molecule has 2 rings (SSSR count). The van der Waals surface area contributed by atoms with E-state index in [-0.39, 0.29) is 12.3 Å². The number of amides is 1. The van der Waals surface area contributed by atoms with E-state index in [0.29, 0.717) is 0 Å². The SMILES string of the molecule is CC(=O)N1CCCc2cc(C(Cl)CC(=O)O)ccc21. The molecule has 19 heavy (non-hydrogen) atoms. The van der Waals surface area contributed by atoms with Gasteiger partial charge in [-0.1, -0.05) is 12.1 Å². The zero-order chi connectivity index (χ0) is 14.0. The Morgan fingerprint density at radius 3 is 2.84 bits per heavy atom. The average Bonchev–Trinajstić information content (AvgIpc) is 2.36. The van der Waals surface area contributed by atoms with Crippen molar-refractivity contribution in [2.45, 2.75) is 31.6 Å². The van der Waals surface area contributed by atoms with E-state index in [9.17, 15) is 9.59 Å². The third-order valence-electron chi connectivity index (χ3n) is 3.32. The van der Waals surface area contributed by atoms with E-state index in [1.165, 1.54) is 0 Å². The van der Waals surface area contributed by atoms with Crippen molar-refractivity contribution in [3.8, 4) is 0 Å². The van der Waals surface area contributed by atoms with E-state index in [1.54, 1.807) is 17.9 Å². The van der Waals surface area contributed by atoms with Gasteiger partial charge in [-0.25, -0.2) is 0 Å². The van der Waals surface area contributed by atoms with Gasteiger partial charge in [0.05, 0.1) is 11.8 Å². The molecular weight excluding hydrogens is 266 g/mol. The highest BCUT2D eigenvalue weighted by molar-refractivity contribution is 6.21. The van der Waals surface area contributed by atoms with Gasteiger partial charge in [0.2, 0.25) is 5.91 Å². The lowest BCUT2D eigenvalue weighted by molar-refractivity contribution is -0.137. The Bertz CT molecular complexity index is 515. The Balaban J connectivity index is 2.28. The molecule has 1 N–H and O–H groups in total. The molecule has 0 aliphatic carbocycles. The zero-order valence-electron chi connectivity index (χ0n) is 10.7. The number of hydrogen-bond acceptors (Lipinski definition) is 2. The molecule has 0 saturated heterocycles. The number of carbonyl (C=O) groups excluding carboxylic acids is 1. The van der Waals surface area contributed by atoms with Gasteiger partial charge in [0.1, 0.15) is 0 Å². The van der Waals surface area contributed by atoms with Crippen molar-refractivity contribution in [1.29, 1.82) is 0 Å². The third-order valence-corrected chi connectivity index (χ3v) is 3.72. The molecule has 1 aliphatic rings. The number of halogens is 1. The monoisotopic (exact) mass is 281 g/mol. The second-order valence-corrected chi connectivity index (χ2v) is 5.25. The van der Waals surface area contributed by atoms with Crippen LogP contribution in [0.25, 0.3) is 0 Å². The van der Waals surface area contributed by atoms with Crippen LogP contribution >= 0.6 is 11.6 Å². The summed E-state index contributed by atoms with van der Waals surface area (Å²) in [4.78, 5) is 24.0. The molecule has 0 spiro atoms. The van der Waals surface area contributed by atoms with Gasteiger partial charge in [0.25, 0.3) is 0 Å². The summed E-state index contributed by atoms with van der Waals surface area (Å²) < 4.78 is 0. The molecule has 1 aromatic carbocycles. The topological polar surface area (TPSA) is 57.6 Å². The number of aliphatic carboxylic acids is 1. The summed E-state index contributed by atoms with van der Waals surface area (Å²) in [6.45, 7) is 2.29. The summed E-state index contributed by atoms with van der Waals surface area (Å²) in [5.74, 6) is -0.884. The van der Waals surface area contributed by atoms with Crippen molar-refractivity contribution < 1.29 is 14.7 Å². The summed E-state index contributed by atoms with van der Waals surface area (Å²) in [5, 5.41) is 8.23. The van der Waals surface area contributed by atoms with Crippen LogP contribution in [-0.4, -0.2) is 23.5 Å². The van der Waals surface area contributed by atoms with Crippen molar-refractivity contribution in [3.05, 3.63) is 29.3 Å². The molecule has 1 amide bonds. The first-order chi connectivity index (χ1) is 8.99. The molecule has 0 bridgehead atoms. The van der Waals surface area contributed by atoms with Gasteiger partial charge in [0.15, 0.2) is 0 Å². The minimum absolute atomic E-state index is 0.0293. The van der Waals surface area contributed by atoms with Crippen LogP contribution in [0.4, 0.5) is 5.69 Å². The molecule has 4 nitrogen and oxygen atoms in total. The molecule has 1 heterocycles. The van der Waals surface area contributed by atoms with Crippen LogP contribution in [0.2, 0.25) is 0 Å². The fraction of sp³-hybridized carbons (Fsp3) is 0.429. The molecule has 102 valence electrons. The Kier molecular flexibility index (Phi) is 4.10. The van der Waals surface area contributed by atoms with Gasteiger partial charge in [-0.15, -0.1) is 11.6 Å². The molecule has 1 aromatic rings. The molecule has 0 aromatic heterocycles. The van der Waals surface area contributed by atoms with E-state index < -0.39 is 11.3 Å². The van der Waals surface area contributed by atoms with Gasteiger partial charge >= 0.3 is 5.97 Å². The van der Waals surface area contributed by atoms with Crippen LogP contribution < -0.4 is 4.90 Å². The predicted octanol–water partition coefficient (Wildman–Crippen LogP) is 2.74. The highest BCUT2D eigenvalue weighted by Gasteiger charge is 2.21. The summed E-state index contributed by atoms with van der Waals surface area (Å²) in [5.41, 5.74) is 2.78. The van der Waals surface area contributed by atoms with Gasteiger partial charge < -0.3 is 10.0 Å². The molecule has 0 radical (unpaired) electrons. The van der Waals surface area contributed by atoms with Crippen molar-refractivity contribution in [2.75, 3.05) is 11.4 Å². The van der Waals surface area contributed by atoms with Crippen LogP contribution in [0.15, 0.2) is 18.2 Å². The lowest BCUT2D eigenvalue weighted by Gasteiger charge is -2.29.